The summed E-state index contributed by atoms with van der Waals surface area (Å²) in [4.78, 5) is 41.1. The number of rotatable bonds is 6. The van der Waals surface area contributed by atoms with E-state index in [4.69, 9.17) is 5.73 Å². The minimum absolute atomic E-state index is 0.0407. The first-order valence-corrected chi connectivity index (χ1v) is 14.2. The number of nitrogen functional groups attached to an aromatic ring is 1. The number of allylic oxidation sites excluding steroid dienone is 1. The van der Waals surface area contributed by atoms with Crippen LogP contribution in [0.2, 0.25) is 0 Å². The third-order valence-electron chi connectivity index (χ3n) is 8.07. The lowest BCUT2D eigenvalue weighted by Crippen LogP contribution is -2.41. The summed E-state index contributed by atoms with van der Waals surface area (Å²) in [6.45, 7) is 5.05. The fourth-order valence-corrected chi connectivity index (χ4v) is 5.83. The van der Waals surface area contributed by atoms with Crippen LogP contribution in [0.15, 0.2) is 60.6 Å². The molecule has 1 atom stereocenters. The summed E-state index contributed by atoms with van der Waals surface area (Å²) in [5, 5.41) is 13.2. The van der Waals surface area contributed by atoms with Crippen molar-refractivity contribution >= 4 is 34.5 Å². The predicted molar refractivity (Wildman–Crippen MR) is 160 cm³/mol. The number of nitriles is 1. The monoisotopic (exact) mass is 560 g/mol. The Hall–Kier alpha value is -5.04. The number of nitrogens with one attached hydrogen (secondary N) is 1. The maximum absolute atomic E-state index is 13.3. The molecule has 212 valence electrons. The molecular weight excluding hydrogens is 528 g/mol. The van der Waals surface area contributed by atoms with Crippen LogP contribution in [0.5, 0.6) is 0 Å². The van der Waals surface area contributed by atoms with E-state index in [-0.39, 0.29) is 23.4 Å². The molecule has 1 saturated carbocycles. The van der Waals surface area contributed by atoms with Gasteiger partial charge < -0.3 is 20.5 Å². The first-order chi connectivity index (χ1) is 20.3. The van der Waals surface area contributed by atoms with E-state index in [0.717, 1.165) is 53.5 Å². The van der Waals surface area contributed by atoms with Crippen LogP contribution in [0.3, 0.4) is 0 Å². The minimum atomic E-state index is -0.249. The largest absolute Gasteiger partial charge is 0.383 e. The number of carbonyl (C=O) groups is 2. The van der Waals surface area contributed by atoms with Gasteiger partial charge in [-0.05, 0) is 80.8 Å². The molecule has 1 aliphatic heterocycles. The molecular formula is C32H32N8O2. The molecule has 2 amide bonds. The Bertz CT molecular complexity index is 1760. The fraction of sp³-hybridized carbons (Fsp3) is 0.312. The Balaban J connectivity index is 1.31. The molecule has 42 heavy (non-hydrogen) atoms. The summed E-state index contributed by atoms with van der Waals surface area (Å²) in [5.41, 5.74) is 11.6. The summed E-state index contributed by atoms with van der Waals surface area (Å²) < 4.78 is 2.16. The van der Waals surface area contributed by atoms with Crippen LogP contribution in [0.4, 0.5) is 11.6 Å². The smallest absolute Gasteiger partial charge is 0.264 e. The topological polar surface area (TPSA) is 143 Å². The average molecular weight is 561 g/mol. The van der Waals surface area contributed by atoms with Gasteiger partial charge in [-0.2, -0.15) is 5.26 Å². The van der Waals surface area contributed by atoms with Crippen LogP contribution in [-0.4, -0.2) is 49.3 Å². The number of hydrogen-bond donors (Lipinski definition) is 2. The molecule has 1 aromatic carbocycles. The second-order valence-corrected chi connectivity index (χ2v) is 11.1. The third-order valence-corrected chi connectivity index (χ3v) is 8.07. The molecule has 6 rings (SSSR count). The lowest BCUT2D eigenvalue weighted by molar-refractivity contribution is -0.128. The summed E-state index contributed by atoms with van der Waals surface area (Å²) in [6, 6.07) is 13.1. The van der Waals surface area contributed by atoms with Gasteiger partial charge in [0.2, 0.25) is 0 Å². The van der Waals surface area contributed by atoms with Crippen molar-refractivity contribution in [3.8, 4) is 17.2 Å². The second kappa shape index (κ2) is 11.1. The fourth-order valence-electron chi connectivity index (χ4n) is 5.83. The number of amides is 2. The van der Waals surface area contributed by atoms with Gasteiger partial charge in [0, 0.05) is 36.1 Å². The molecule has 3 N–H and O–H groups in total. The molecule has 2 aliphatic rings. The van der Waals surface area contributed by atoms with Crippen molar-refractivity contribution in [2.75, 3.05) is 24.1 Å². The number of aromatic nitrogens is 4. The third kappa shape index (κ3) is 5.21. The Morgan fingerprint density at radius 1 is 1.10 bits per heavy atom. The highest BCUT2D eigenvalue weighted by Gasteiger charge is 2.31. The van der Waals surface area contributed by atoms with Crippen LogP contribution in [0.25, 0.3) is 22.2 Å². The van der Waals surface area contributed by atoms with Crippen molar-refractivity contribution in [3.63, 3.8) is 0 Å². The molecule has 10 nitrogen and oxygen atoms in total. The summed E-state index contributed by atoms with van der Waals surface area (Å²) in [5.74, 6) is 0.761. The number of anilines is 2. The van der Waals surface area contributed by atoms with Crippen LogP contribution >= 0.6 is 0 Å². The van der Waals surface area contributed by atoms with E-state index in [1.165, 1.54) is 6.33 Å². The molecule has 10 heteroatoms. The number of pyridine rings is 1. The first kappa shape index (κ1) is 27.1. The van der Waals surface area contributed by atoms with E-state index >= 15 is 0 Å². The molecule has 2 fully saturated rings. The van der Waals surface area contributed by atoms with E-state index < -0.39 is 0 Å². The van der Waals surface area contributed by atoms with E-state index in [2.05, 4.69) is 30.9 Å². The number of hydrogen-bond acceptors (Lipinski definition) is 7. The molecule has 0 radical (unpaired) electrons. The standard InChI is InChI=1S/C32H32N8O2/c1-19-11-12-35-26(14-19)38-31(41)23-9-7-22(8-10-23)27-20(2)40(30-28(27)29(34)36-18-37-30)25-4-3-13-39(17-25)32(42)24(16-33)15-21-5-6-21/h7-12,14-15,18,21,25H,3-6,13,17H2,1-2H3,(H2,34,36,37)(H,35,38,41)/b24-15-. The molecule has 4 aromatic rings. The highest BCUT2D eigenvalue weighted by atomic mass is 16.2. The predicted octanol–water partition coefficient (Wildman–Crippen LogP) is 4.97. The van der Waals surface area contributed by atoms with E-state index in [9.17, 15) is 14.9 Å². The maximum Gasteiger partial charge on any atom is 0.264 e. The molecule has 0 spiro atoms. The zero-order valence-electron chi connectivity index (χ0n) is 23.7. The normalized spacial score (nSPS) is 17.2. The average Bonchev–Trinajstić information content (AvgIpc) is 3.76. The first-order valence-electron chi connectivity index (χ1n) is 14.2. The number of nitrogens with two attached hydrogens (primary N) is 1. The molecule has 1 unspecified atom stereocenters. The summed E-state index contributed by atoms with van der Waals surface area (Å²) >= 11 is 0. The number of carbonyl (C=O) groups excluding carboxylic acids is 2. The zero-order valence-corrected chi connectivity index (χ0v) is 23.7. The van der Waals surface area contributed by atoms with Crippen molar-refractivity contribution in [2.45, 2.75) is 45.6 Å². The maximum atomic E-state index is 13.3. The van der Waals surface area contributed by atoms with Crippen LogP contribution in [-0.2, 0) is 4.79 Å². The molecule has 4 heterocycles. The summed E-state index contributed by atoms with van der Waals surface area (Å²) in [7, 11) is 0. The van der Waals surface area contributed by atoms with Gasteiger partial charge in [0.15, 0.2) is 0 Å². The molecule has 1 aliphatic carbocycles. The zero-order chi connectivity index (χ0) is 29.4. The minimum Gasteiger partial charge on any atom is -0.383 e. The molecule has 3 aromatic heterocycles. The molecule has 1 saturated heterocycles. The van der Waals surface area contributed by atoms with Gasteiger partial charge in [-0.3, -0.25) is 9.59 Å². The van der Waals surface area contributed by atoms with Crippen LogP contribution in [0, 0.1) is 31.1 Å². The summed E-state index contributed by atoms with van der Waals surface area (Å²) in [6.07, 6.45) is 8.70. The Labute approximate surface area is 243 Å². The van der Waals surface area contributed by atoms with Crippen molar-refractivity contribution in [1.29, 1.82) is 5.26 Å². The number of fused-ring (bicyclic) bond motifs is 1. The van der Waals surface area contributed by atoms with E-state index in [1.807, 2.05) is 44.2 Å². The molecule has 0 bridgehead atoms. The SMILES string of the molecule is Cc1ccnc(NC(=O)c2ccc(-c3c(C)n(C4CCCN(C(=O)/C(C#N)=C\C5CC5)C4)c4ncnc(N)c34)cc2)c1. The Morgan fingerprint density at radius 3 is 2.60 bits per heavy atom. The van der Waals surface area contributed by atoms with Gasteiger partial charge in [-0.15, -0.1) is 0 Å². The lowest BCUT2D eigenvalue weighted by atomic mass is 10.0. The van der Waals surface area contributed by atoms with E-state index in [1.54, 1.807) is 23.2 Å². The van der Waals surface area contributed by atoms with Crippen molar-refractivity contribution in [2.24, 2.45) is 5.92 Å². The van der Waals surface area contributed by atoms with Gasteiger partial charge in [0.25, 0.3) is 11.8 Å². The number of likely N-dealkylation sites (tertiary alicyclic amines) is 1. The van der Waals surface area contributed by atoms with Gasteiger partial charge in [-0.25, -0.2) is 15.0 Å². The highest BCUT2D eigenvalue weighted by Crippen LogP contribution is 2.40. The van der Waals surface area contributed by atoms with Crippen LogP contribution in [0.1, 0.15) is 53.3 Å². The number of aryl methyl sites for hydroxylation is 1. The Kier molecular flexibility index (Phi) is 7.17. The van der Waals surface area contributed by atoms with Crippen molar-refractivity contribution in [3.05, 3.63) is 77.4 Å². The Morgan fingerprint density at radius 2 is 1.88 bits per heavy atom. The van der Waals surface area contributed by atoms with Gasteiger partial charge >= 0.3 is 0 Å². The van der Waals surface area contributed by atoms with Gasteiger partial charge in [-0.1, -0.05) is 18.2 Å². The van der Waals surface area contributed by atoms with E-state index in [0.29, 0.717) is 41.9 Å². The van der Waals surface area contributed by atoms with Crippen molar-refractivity contribution < 1.29 is 9.59 Å². The van der Waals surface area contributed by atoms with Crippen LogP contribution < -0.4 is 11.1 Å². The second-order valence-electron chi connectivity index (χ2n) is 11.1. The van der Waals surface area contributed by atoms with Crippen molar-refractivity contribution in [1.82, 2.24) is 24.4 Å². The highest BCUT2D eigenvalue weighted by molar-refractivity contribution is 6.05. The van der Waals surface area contributed by atoms with Gasteiger partial charge in [0.1, 0.15) is 35.3 Å². The van der Waals surface area contributed by atoms with Gasteiger partial charge in [0.05, 0.1) is 11.4 Å². The number of benzene rings is 1. The number of piperidine rings is 1. The quantitative estimate of drug-likeness (QED) is 0.250. The lowest BCUT2D eigenvalue weighted by Gasteiger charge is -2.34. The number of nitrogens with zero attached hydrogens (tertiary/aromatic N) is 6.